The molecule has 1 aromatic carbocycles. The molecule has 0 amide bonds. The average Bonchev–Trinajstić information content (AvgIpc) is 2.16. The van der Waals surface area contributed by atoms with Crippen LogP contribution in [0.5, 0.6) is 5.75 Å². The number of rotatable bonds is 4. The van der Waals surface area contributed by atoms with Crippen molar-refractivity contribution in [2.24, 2.45) is 5.73 Å². The Labute approximate surface area is 85.0 Å². The average molecular weight is 244 g/mol. The van der Waals surface area contributed by atoms with Gasteiger partial charge in [-0.2, -0.15) is 0 Å². The summed E-state index contributed by atoms with van der Waals surface area (Å²) >= 11 is 3.27. The van der Waals surface area contributed by atoms with Crippen molar-refractivity contribution in [2.45, 2.75) is 0 Å². The molecular formula is C9H10BrNO2. The highest BCUT2D eigenvalue weighted by Crippen LogP contribution is 2.21. The van der Waals surface area contributed by atoms with Crippen molar-refractivity contribution in [3.8, 4) is 5.75 Å². The summed E-state index contributed by atoms with van der Waals surface area (Å²) in [6.07, 6.45) is 0.761. The van der Waals surface area contributed by atoms with Crippen molar-refractivity contribution in [3.05, 3.63) is 28.2 Å². The molecule has 1 rings (SSSR count). The third-order valence-corrected chi connectivity index (χ3v) is 1.97. The number of nitrogens with two attached hydrogens (primary N) is 1. The van der Waals surface area contributed by atoms with Crippen LogP contribution in [0.25, 0.3) is 0 Å². The van der Waals surface area contributed by atoms with E-state index >= 15 is 0 Å². The molecule has 0 saturated heterocycles. The summed E-state index contributed by atoms with van der Waals surface area (Å²) in [5, 5.41) is 0. The van der Waals surface area contributed by atoms with Crippen LogP contribution in [0.15, 0.2) is 22.7 Å². The van der Waals surface area contributed by atoms with Gasteiger partial charge >= 0.3 is 0 Å². The second-order valence-electron chi connectivity index (χ2n) is 2.44. The number of carbonyl (C=O) groups excluding carboxylic acids is 1. The van der Waals surface area contributed by atoms with Crippen LogP contribution in [0, 0.1) is 0 Å². The first kappa shape index (κ1) is 10.2. The van der Waals surface area contributed by atoms with Gasteiger partial charge in [0, 0.05) is 11.0 Å². The molecule has 2 N–H and O–H groups in total. The van der Waals surface area contributed by atoms with E-state index in [0.717, 1.165) is 10.8 Å². The van der Waals surface area contributed by atoms with E-state index in [2.05, 4.69) is 15.9 Å². The zero-order valence-electron chi connectivity index (χ0n) is 7.00. The molecule has 3 nitrogen and oxygen atoms in total. The summed E-state index contributed by atoms with van der Waals surface area (Å²) in [4.78, 5) is 10.6. The zero-order chi connectivity index (χ0) is 9.68. The number of hydrogen-bond acceptors (Lipinski definition) is 3. The number of aldehydes is 1. The fourth-order valence-corrected chi connectivity index (χ4v) is 1.29. The maximum atomic E-state index is 10.6. The molecule has 0 aliphatic rings. The van der Waals surface area contributed by atoms with Crippen molar-refractivity contribution in [1.29, 1.82) is 0 Å². The van der Waals surface area contributed by atoms with Crippen LogP contribution in [-0.4, -0.2) is 19.4 Å². The molecular weight excluding hydrogens is 234 g/mol. The molecule has 0 heterocycles. The van der Waals surface area contributed by atoms with Gasteiger partial charge in [0.15, 0.2) is 6.29 Å². The molecule has 4 heteroatoms. The summed E-state index contributed by atoms with van der Waals surface area (Å²) < 4.78 is 6.11. The monoisotopic (exact) mass is 243 g/mol. The van der Waals surface area contributed by atoms with E-state index in [-0.39, 0.29) is 0 Å². The maximum Gasteiger partial charge on any atom is 0.153 e. The Balaban J connectivity index is 2.86. The SMILES string of the molecule is NCCOc1ccc(Br)cc1C=O. The Bertz CT molecular complexity index is 302. The summed E-state index contributed by atoms with van der Waals surface area (Å²) in [6.45, 7) is 0.858. The molecule has 1 aromatic rings. The van der Waals surface area contributed by atoms with E-state index in [9.17, 15) is 4.79 Å². The predicted molar refractivity (Wildman–Crippen MR) is 54.1 cm³/mol. The second-order valence-corrected chi connectivity index (χ2v) is 3.35. The van der Waals surface area contributed by atoms with Crippen LogP contribution in [-0.2, 0) is 0 Å². The van der Waals surface area contributed by atoms with Crippen LogP contribution in [0.4, 0.5) is 0 Å². The van der Waals surface area contributed by atoms with Crippen molar-refractivity contribution < 1.29 is 9.53 Å². The van der Waals surface area contributed by atoms with Crippen LogP contribution >= 0.6 is 15.9 Å². The Kier molecular flexibility index (Phi) is 3.92. The molecule has 0 spiro atoms. The molecule has 0 atom stereocenters. The number of carbonyl (C=O) groups is 1. The lowest BCUT2D eigenvalue weighted by molar-refractivity contribution is 0.111. The number of benzene rings is 1. The van der Waals surface area contributed by atoms with Crippen molar-refractivity contribution >= 4 is 22.2 Å². The van der Waals surface area contributed by atoms with Gasteiger partial charge in [0.25, 0.3) is 0 Å². The Morgan fingerprint density at radius 1 is 1.54 bits per heavy atom. The van der Waals surface area contributed by atoms with Gasteiger partial charge in [-0.05, 0) is 18.2 Å². The maximum absolute atomic E-state index is 10.6. The van der Waals surface area contributed by atoms with Crippen LogP contribution in [0.3, 0.4) is 0 Å². The minimum atomic E-state index is 0.419. The van der Waals surface area contributed by atoms with E-state index < -0.39 is 0 Å². The molecule has 0 bridgehead atoms. The highest BCUT2D eigenvalue weighted by molar-refractivity contribution is 9.10. The smallest absolute Gasteiger partial charge is 0.153 e. The van der Waals surface area contributed by atoms with Gasteiger partial charge in [-0.3, -0.25) is 4.79 Å². The standard InChI is InChI=1S/C9H10BrNO2/c10-8-1-2-9(13-4-3-11)7(5-8)6-12/h1-2,5-6H,3-4,11H2. The molecule has 13 heavy (non-hydrogen) atoms. The first-order chi connectivity index (χ1) is 6.27. The molecule has 0 unspecified atom stereocenters. The van der Waals surface area contributed by atoms with Gasteiger partial charge in [-0.15, -0.1) is 0 Å². The third kappa shape index (κ3) is 2.82. The van der Waals surface area contributed by atoms with Gasteiger partial charge in [0.05, 0.1) is 5.56 Å². The minimum absolute atomic E-state index is 0.419. The Hall–Kier alpha value is -0.870. The van der Waals surface area contributed by atoms with E-state index in [1.54, 1.807) is 12.1 Å². The van der Waals surface area contributed by atoms with E-state index in [1.165, 1.54) is 0 Å². The van der Waals surface area contributed by atoms with Gasteiger partial charge in [0.2, 0.25) is 0 Å². The molecule has 0 fully saturated rings. The fourth-order valence-electron chi connectivity index (χ4n) is 0.912. The number of hydrogen-bond donors (Lipinski definition) is 1. The third-order valence-electron chi connectivity index (χ3n) is 1.47. The lowest BCUT2D eigenvalue weighted by Gasteiger charge is -2.06. The Morgan fingerprint density at radius 2 is 2.31 bits per heavy atom. The molecule has 70 valence electrons. The normalized spacial score (nSPS) is 9.69. The topological polar surface area (TPSA) is 52.3 Å². The van der Waals surface area contributed by atoms with Crippen molar-refractivity contribution in [2.75, 3.05) is 13.2 Å². The summed E-state index contributed by atoms with van der Waals surface area (Å²) in [5.74, 6) is 0.573. The lowest BCUT2D eigenvalue weighted by Crippen LogP contribution is -2.11. The van der Waals surface area contributed by atoms with Gasteiger partial charge in [0.1, 0.15) is 12.4 Å². The first-order valence-electron chi connectivity index (χ1n) is 3.85. The molecule has 0 saturated carbocycles. The molecule has 0 radical (unpaired) electrons. The summed E-state index contributed by atoms with van der Waals surface area (Å²) in [5.41, 5.74) is 5.81. The van der Waals surface area contributed by atoms with E-state index in [4.69, 9.17) is 10.5 Å². The van der Waals surface area contributed by atoms with E-state index in [1.807, 2.05) is 6.07 Å². The Morgan fingerprint density at radius 3 is 2.92 bits per heavy atom. The predicted octanol–water partition coefficient (Wildman–Crippen LogP) is 1.60. The molecule has 0 aromatic heterocycles. The van der Waals surface area contributed by atoms with E-state index in [0.29, 0.717) is 24.5 Å². The minimum Gasteiger partial charge on any atom is -0.492 e. The van der Waals surface area contributed by atoms with Crippen LogP contribution in [0.1, 0.15) is 10.4 Å². The van der Waals surface area contributed by atoms with Gasteiger partial charge in [-0.1, -0.05) is 15.9 Å². The van der Waals surface area contributed by atoms with Crippen LogP contribution < -0.4 is 10.5 Å². The fraction of sp³-hybridized carbons (Fsp3) is 0.222. The summed E-state index contributed by atoms with van der Waals surface area (Å²) in [7, 11) is 0. The van der Waals surface area contributed by atoms with Crippen molar-refractivity contribution in [3.63, 3.8) is 0 Å². The molecule has 0 aliphatic heterocycles. The van der Waals surface area contributed by atoms with Gasteiger partial charge < -0.3 is 10.5 Å². The second kappa shape index (κ2) is 4.99. The highest BCUT2D eigenvalue weighted by atomic mass is 79.9. The highest BCUT2D eigenvalue weighted by Gasteiger charge is 2.02. The largest absolute Gasteiger partial charge is 0.492 e. The van der Waals surface area contributed by atoms with Crippen LogP contribution in [0.2, 0.25) is 0 Å². The first-order valence-corrected chi connectivity index (χ1v) is 4.65. The number of halogens is 1. The van der Waals surface area contributed by atoms with Crippen molar-refractivity contribution in [1.82, 2.24) is 0 Å². The number of ether oxygens (including phenoxy) is 1. The zero-order valence-corrected chi connectivity index (χ0v) is 8.58. The summed E-state index contributed by atoms with van der Waals surface area (Å²) in [6, 6.07) is 5.27. The quantitative estimate of drug-likeness (QED) is 0.818. The molecule has 0 aliphatic carbocycles. The van der Waals surface area contributed by atoms with Gasteiger partial charge in [-0.25, -0.2) is 0 Å². The lowest BCUT2D eigenvalue weighted by atomic mass is 10.2.